The highest BCUT2D eigenvalue weighted by atomic mass is 127. The molecule has 1 N–H and O–H groups in total. The fraction of sp³-hybridized carbons (Fsp3) is 0.474. The third kappa shape index (κ3) is 5.32. The zero-order chi connectivity index (χ0) is 20.0. The molecular weight excluding hydrogens is 479 g/mol. The second-order valence-electron chi connectivity index (χ2n) is 5.84. The maximum Gasteiger partial charge on any atom is 0.341 e. The summed E-state index contributed by atoms with van der Waals surface area (Å²) in [6.45, 7) is 11.0. The van der Waals surface area contributed by atoms with Gasteiger partial charge in [0.1, 0.15) is 17.2 Å². The van der Waals surface area contributed by atoms with Gasteiger partial charge < -0.3 is 19.7 Å². The number of esters is 1. The van der Waals surface area contributed by atoms with Gasteiger partial charge in [0.05, 0.1) is 14.9 Å². The molecule has 6 nitrogen and oxygen atoms in total. The van der Waals surface area contributed by atoms with Crippen LogP contribution in [0.1, 0.15) is 38.1 Å². The van der Waals surface area contributed by atoms with Crippen LogP contribution in [0.3, 0.4) is 0 Å². The molecule has 0 bridgehead atoms. The SMILES string of the molecule is CCOC(=O)c1c(NC(C)=O)sc2c(OCCN(CC)CC)c(I)ccc12. The molecule has 0 spiro atoms. The molecule has 0 saturated carbocycles. The van der Waals surface area contributed by atoms with Crippen molar-refractivity contribution in [3.8, 4) is 5.75 Å². The number of ether oxygens (including phenoxy) is 2. The van der Waals surface area contributed by atoms with Crippen molar-refractivity contribution in [1.29, 1.82) is 0 Å². The van der Waals surface area contributed by atoms with Gasteiger partial charge in [-0.25, -0.2) is 4.79 Å². The molecule has 1 aromatic heterocycles. The zero-order valence-electron chi connectivity index (χ0n) is 16.1. The minimum Gasteiger partial charge on any atom is -0.490 e. The lowest BCUT2D eigenvalue weighted by molar-refractivity contribution is -0.114. The smallest absolute Gasteiger partial charge is 0.341 e. The van der Waals surface area contributed by atoms with Crippen LogP contribution >= 0.6 is 33.9 Å². The quantitative estimate of drug-likeness (QED) is 0.406. The minimum atomic E-state index is -0.442. The third-order valence-corrected chi connectivity index (χ3v) is 6.05. The molecule has 2 rings (SSSR count). The predicted octanol–water partition coefficient (Wildman–Crippen LogP) is 4.36. The summed E-state index contributed by atoms with van der Waals surface area (Å²) in [6.07, 6.45) is 0. The van der Waals surface area contributed by atoms with E-state index in [-0.39, 0.29) is 12.5 Å². The van der Waals surface area contributed by atoms with Gasteiger partial charge in [-0.15, -0.1) is 11.3 Å². The summed E-state index contributed by atoms with van der Waals surface area (Å²) in [4.78, 5) is 26.4. The van der Waals surface area contributed by atoms with Crippen LogP contribution in [0.4, 0.5) is 5.00 Å². The molecule has 8 heteroatoms. The van der Waals surface area contributed by atoms with E-state index in [0.29, 0.717) is 17.2 Å². The molecule has 0 fully saturated rings. The van der Waals surface area contributed by atoms with Gasteiger partial charge in [0, 0.05) is 18.9 Å². The van der Waals surface area contributed by atoms with Crippen LogP contribution in [0.15, 0.2) is 12.1 Å². The Bertz CT molecular complexity index is 818. The second-order valence-corrected chi connectivity index (χ2v) is 8.02. The van der Waals surface area contributed by atoms with Crippen molar-refractivity contribution in [1.82, 2.24) is 4.90 Å². The van der Waals surface area contributed by atoms with Gasteiger partial charge in [0.15, 0.2) is 5.75 Å². The van der Waals surface area contributed by atoms with Crippen LogP contribution in [0.25, 0.3) is 10.1 Å². The number of likely N-dealkylation sites (N-methyl/N-ethyl adjacent to an activating group) is 1. The summed E-state index contributed by atoms with van der Waals surface area (Å²) < 4.78 is 13.1. The molecule has 0 atom stereocenters. The molecule has 0 radical (unpaired) electrons. The Morgan fingerprint density at radius 2 is 1.93 bits per heavy atom. The van der Waals surface area contributed by atoms with E-state index in [4.69, 9.17) is 9.47 Å². The largest absolute Gasteiger partial charge is 0.490 e. The predicted molar refractivity (Wildman–Crippen MR) is 118 cm³/mol. The molecule has 0 saturated heterocycles. The van der Waals surface area contributed by atoms with Crippen molar-refractivity contribution in [2.45, 2.75) is 27.7 Å². The van der Waals surface area contributed by atoms with Crippen LogP contribution in [-0.2, 0) is 9.53 Å². The first kappa shape index (κ1) is 21.9. The number of carbonyl (C=O) groups is 2. The van der Waals surface area contributed by atoms with E-state index in [9.17, 15) is 9.59 Å². The maximum atomic E-state index is 12.5. The summed E-state index contributed by atoms with van der Waals surface area (Å²) in [5, 5.41) is 3.98. The molecule has 1 aromatic carbocycles. The Morgan fingerprint density at radius 1 is 1.22 bits per heavy atom. The van der Waals surface area contributed by atoms with Crippen molar-refractivity contribution >= 4 is 60.9 Å². The number of thiophene rings is 1. The first-order chi connectivity index (χ1) is 12.9. The number of anilines is 1. The highest BCUT2D eigenvalue weighted by Crippen LogP contribution is 2.43. The number of rotatable bonds is 9. The fourth-order valence-electron chi connectivity index (χ4n) is 2.72. The normalized spacial score (nSPS) is 11.0. The highest BCUT2D eigenvalue weighted by molar-refractivity contribution is 14.1. The standard InChI is InChI=1S/C19H25IN2O4S/c1-5-22(6-2)10-11-26-16-14(20)9-8-13-15(19(24)25-7-3)18(21-12(4)23)27-17(13)16/h8-9H,5-7,10-11H2,1-4H3,(H,21,23). The Hall–Kier alpha value is -1.39. The number of nitrogens with zero attached hydrogens (tertiary/aromatic N) is 1. The molecular formula is C19H25IN2O4S. The Labute approximate surface area is 177 Å². The molecule has 148 valence electrons. The lowest BCUT2D eigenvalue weighted by atomic mass is 10.1. The van der Waals surface area contributed by atoms with Crippen molar-refractivity contribution in [3.05, 3.63) is 21.3 Å². The average Bonchev–Trinajstić information content (AvgIpc) is 2.98. The number of fused-ring (bicyclic) bond motifs is 1. The van der Waals surface area contributed by atoms with E-state index in [1.807, 2.05) is 12.1 Å². The van der Waals surface area contributed by atoms with Crippen LogP contribution in [-0.4, -0.2) is 49.6 Å². The third-order valence-electron chi connectivity index (χ3n) is 4.08. The first-order valence-electron chi connectivity index (χ1n) is 8.97. The number of hydrogen-bond donors (Lipinski definition) is 1. The molecule has 27 heavy (non-hydrogen) atoms. The molecule has 0 aliphatic rings. The van der Waals surface area contributed by atoms with E-state index in [1.165, 1.54) is 18.3 Å². The van der Waals surface area contributed by atoms with Crippen molar-refractivity contribution in [2.75, 3.05) is 38.2 Å². The monoisotopic (exact) mass is 504 g/mol. The van der Waals surface area contributed by atoms with Crippen molar-refractivity contribution in [2.24, 2.45) is 0 Å². The number of benzene rings is 1. The Morgan fingerprint density at radius 3 is 2.52 bits per heavy atom. The molecule has 1 heterocycles. The summed E-state index contributed by atoms with van der Waals surface area (Å²) in [5.74, 6) is 0.0704. The van der Waals surface area contributed by atoms with Crippen LogP contribution < -0.4 is 10.1 Å². The van der Waals surface area contributed by atoms with Gasteiger partial charge in [-0.3, -0.25) is 4.79 Å². The van der Waals surface area contributed by atoms with E-state index in [2.05, 4.69) is 46.7 Å². The van der Waals surface area contributed by atoms with E-state index in [1.54, 1.807) is 6.92 Å². The lowest BCUT2D eigenvalue weighted by Gasteiger charge is -2.18. The lowest BCUT2D eigenvalue weighted by Crippen LogP contribution is -2.28. The van der Waals surface area contributed by atoms with Gasteiger partial charge in [-0.2, -0.15) is 0 Å². The van der Waals surface area contributed by atoms with E-state index >= 15 is 0 Å². The molecule has 0 aliphatic carbocycles. The summed E-state index contributed by atoms with van der Waals surface area (Å²) in [5.41, 5.74) is 0.386. The minimum absolute atomic E-state index is 0.231. The number of halogens is 1. The highest BCUT2D eigenvalue weighted by Gasteiger charge is 2.24. The van der Waals surface area contributed by atoms with Crippen LogP contribution in [0, 0.1) is 3.57 Å². The van der Waals surface area contributed by atoms with Gasteiger partial charge in [0.2, 0.25) is 5.91 Å². The molecule has 0 unspecified atom stereocenters. The second kappa shape index (κ2) is 10.2. The van der Waals surface area contributed by atoms with Gasteiger partial charge >= 0.3 is 5.97 Å². The van der Waals surface area contributed by atoms with Crippen LogP contribution in [0.2, 0.25) is 0 Å². The number of carbonyl (C=O) groups excluding carboxylic acids is 2. The number of nitrogens with one attached hydrogen (secondary N) is 1. The zero-order valence-corrected chi connectivity index (χ0v) is 19.0. The first-order valence-corrected chi connectivity index (χ1v) is 10.9. The summed E-state index contributed by atoms with van der Waals surface area (Å²) in [7, 11) is 0. The average molecular weight is 504 g/mol. The van der Waals surface area contributed by atoms with E-state index < -0.39 is 5.97 Å². The maximum absolute atomic E-state index is 12.5. The Kier molecular flexibility index (Phi) is 8.30. The van der Waals surface area contributed by atoms with Crippen LogP contribution in [0.5, 0.6) is 5.75 Å². The Balaban J connectivity index is 2.44. The van der Waals surface area contributed by atoms with Gasteiger partial charge in [-0.05, 0) is 48.7 Å². The van der Waals surface area contributed by atoms with Gasteiger partial charge in [-0.1, -0.05) is 19.9 Å². The van der Waals surface area contributed by atoms with Crippen molar-refractivity contribution in [3.63, 3.8) is 0 Å². The molecule has 1 amide bonds. The fourth-order valence-corrected chi connectivity index (χ4v) is 4.74. The molecule has 0 aliphatic heterocycles. The topological polar surface area (TPSA) is 67.9 Å². The van der Waals surface area contributed by atoms with Crippen molar-refractivity contribution < 1.29 is 19.1 Å². The summed E-state index contributed by atoms with van der Waals surface area (Å²) in [6, 6.07) is 3.80. The number of amides is 1. The van der Waals surface area contributed by atoms with Gasteiger partial charge in [0.25, 0.3) is 0 Å². The summed E-state index contributed by atoms with van der Waals surface area (Å²) >= 11 is 3.57. The molecule has 2 aromatic rings. The number of hydrogen-bond acceptors (Lipinski definition) is 6. The van der Waals surface area contributed by atoms with E-state index in [0.717, 1.165) is 39.0 Å².